The lowest BCUT2D eigenvalue weighted by Gasteiger charge is -2.35. The lowest BCUT2D eigenvalue weighted by molar-refractivity contribution is -0.136. The van der Waals surface area contributed by atoms with Crippen molar-refractivity contribution in [1.29, 1.82) is 0 Å². The van der Waals surface area contributed by atoms with Gasteiger partial charge in [0.05, 0.1) is 22.3 Å². The standard InChI is InChI=1S/C30H34Cl2F2N4O/c1-18-13-28(38(35-18)27-8-5-20(31)14-25(27)32)19-9-11-36(12-10-19)29(39)24-17-37(30(2,3)4)16-23(24)22-7-6-21(33)15-26(22)34/h5-8,13-15,19,23-24H,9-12,16-17H2,1-4H3. The summed E-state index contributed by atoms with van der Waals surface area (Å²) in [6.45, 7) is 10.6. The Morgan fingerprint density at radius 1 is 1.00 bits per heavy atom. The Morgan fingerprint density at radius 3 is 2.36 bits per heavy atom. The molecule has 1 amide bonds. The van der Waals surface area contributed by atoms with E-state index in [4.69, 9.17) is 28.3 Å². The van der Waals surface area contributed by atoms with Crippen LogP contribution in [0.2, 0.25) is 10.0 Å². The number of piperidine rings is 1. The molecule has 5 nitrogen and oxygen atoms in total. The first-order valence-corrected chi connectivity index (χ1v) is 14.2. The fraction of sp³-hybridized carbons (Fsp3) is 0.467. The Labute approximate surface area is 238 Å². The maximum atomic E-state index is 14.9. The van der Waals surface area contributed by atoms with Gasteiger partial charge in [-0.2, -0.15) is 5.10 Å². The first-order chi connectivity index (χ1) is 18.4. The minimum Gasteiger partial charge on any atom is -0.342 e. The van der Waals surface area contributed by atoms with Crippen molar-refractivity contribution in [1.82, 2.24) is 19.6 Å². The predicted molar refractivity (Wildman–Crippen MR) is 151 cm³/mol. The summed E-state index contributed by atoms with van der Waals surface area (Å²) >= 11 is 12.6. The van der Waals surface area contributed by atoms with Gasteiger partial charge in [0.25, 0.3) is 0 Å². The Bertz CT molecular complexity index is 1380. The quantitative estimate of drug-likeness (QED) is 0.337. The van der Waals surface area contributed by atoms with E-state index in [9.17, 15) is 13.6 Å². The molecule has 2 fully saturated rings. The van der Waals surface area contributed by atoms with Crippen LogP contribution in [0.25, 0.3) is 5.69 Å². The smallest absolute Gasteiger partial charge is 0.227 e. The summed E-state index contributed by atoms with van der Waals surface area (Å²) in [5.74, 6) is -1.66. The number of benzene rings is 2. The number of hydrogen-bond acceptors (Lipinski definition) is 3. The summed E-state index contributed by atoms with van der Waals surface area (Å²) < 4.78 is 30.4. The number of likely N-dealkylation sites (tertiary alicyclic amines) is 2. The van der Waals surface area contributed by atoms with E-state index in [0.29, 0.717) is 41.8 Å². The number of aromatic nitrogens is 2. The van der Waals surface area contributed by atoms with Crippen LogP contribution in [0, 0.1) is 24.5 Å². The lowest BCUT2D eigenvalue weighted by Crippen LogP contribution is -2.44. The Hall–Kier alpha value is -2.48. The third-order valence-corrected chi connectivity index (χ3v) is 8.71. The van der Waals surface area contributed by atoms with Gasteiger partial charge in [-0.1, -0.05) is 29.3 Å². The lowest BCUT2D eigenvalue weighted by atomic mass is 9.86. The van der Waals surface area contributed by atoms with Crippen LogP contribution in [0.4, 0.5) is 8.78 Å². The monoisotopic (exact) mass is 574 g/mol. The Kier molecular flexibility index (Phi) is 7.79. The van der Waals surface area contributed by atoms with Crippen LogP contribution in [0.1, 0.15) is 62.4 Å². The van der Waals surface area contributed by atoms with Crippen LogP contribution in [0.5, 0.6) is 0 Å². The molecule has 9 heteroatoms. The highest BCUT2D eigenvalue weighted by Gasteiger charge is 2.44. The molecule has 2 aliphatic heterocycles. The molecule has 0 spiro atoms. The van der Waals surface area contributed by atoms with Crippen molar-refractivity contribution < 1.29 is 13.6 Å². The van der Waals surface area contributed by atoms with Gasteiger partial charge in [-0.15, -0.1) is 0 Å². The summed E-state index contributed by atoms with van der Waals surface area (Å²) in [6.07, 6.45) is 1.57. The van der Waals surface area contributed by atoms with Crippen LogP contribution in [-0.4, -0.2) is 57.2 Å². The Morgan fingerprint density at radius 2 is 1.72 bits per heavy atom. The van der Waals surface area contributed by atoms with E-state index in [2.05, 4.69) is 31.7 Å². The van der Waals surface area contributed by atoms with Gasteiger partial charge in [-0.25, -0.2) is 13.5 Å². The second kappa shape index (κ2) is 10.8. The van der Waals surface area contributed by atoms with Gasteiger partial charge in [-0.05, 0) is 76.4 Å². The summed E-state index contributed by atoms with van der Waals surface area (Å²) in [5.41, 5.74) is 2.98. The number of nitrogens with zero attached hydrogens (tertiary/aromatic N) is 4. The number of halogens is 4. The van der Waals surface area contributed by atoms with Gasteiger partial charge < -0.3 is 4.90 Å². The molecule has 0 aliphatic carbocycles. The van der Waals surface area contributed by atoms with Crippen molar-refractivity contribution in [2.24, 2.45) is 5.92 Å². The number of rotatable bonds is 4. The molecule has 39 heavy (non-hydrogen) atoms. The van der Waals surface area contributed by atoms with E-state index in [0.717, 1.165) is 36.0 Å². The van der Waals surface area contributed by atoms with Gasteiger partial charge >= 0.3 is 0 Å². The van der Waals surface area contributed by atoms with E-state index in [1.807, 2.05) is 22.6 Å². The Balaban J connectivity index is 1.34. The average Bonchev–Trinajstić information content (AvgIpc) is 3.48. The highest BCUT2D eigenvalue weighted by atomic mass is 35.5. The van der Waals surface area contributed by atoms with Gasteiger partial charge in [0, 0.05) is 60.3 Å². The summed E-state index contributed by atoms with van der Waals surface area (Å²) in [6, 6.07) is 11.2. The van der Waals surface area contributed by atoms with E-state index < -0.39 is 11.6 Å². The summed E-state index contributed by atoms with van der Waals surface area (Å²) in [4.78, 5) is 18.1. The first-order valence-electron chi connectivity index (χ1n) is 13.4. The number of carbonyl (C=O) groups excluding carboxylic acids is 1. The normalized spacial score (nSPS) is 21.1. The highest BCUT2D eigenvalue weighted by Crippen LogP contribution is 2.40. The van der Waals surface area contributed by atoms with E-state index in [-0.39, 0.29) is 29.2 Å². The minimum atomic E-state index is -0.610. The molecule has 0 saturated carbocycles. The zero-order valence-electron chi connectivity index (χ0n) is 22.7. The highest BCUT2D eigenvalue weighted by molar-refractivity contribution is 6.35. The second-order valence-electron chi connectivity index (χ2n) is 11.8. The molecule has 2 aromatic carbocycles. The van der Waals surface area contributed by atoms with E-state index >= 15 is 0 Å². The SMILES string of the molecule is Cc1cc(C2CCN(C(=O)C3CN(C(C)(C)C)CC3c3ccc(F)cc3F)CC2)n(-c2ccc(Cl)cc2Cl)n1. The average molecular weight is 576 g/mol. The topological polar surface area (TPSA) is 41.4 Å². The van der Waals surface area contributed by atoms with Crippen molar-refractivity contribution >= 4 is 29.1 Å². The molecule has 0 N–H and O–H groups in total. The number of aryl methyl sites for hydroxylation is 1. The number of carbonyl (C=O) groups is 1. The van der Waals surface area contributed by atoms with Crippen molar-refractivity contribution in [3.05, 3.63) is 81.1 Å². The zero-order valence-corrected chi connectivity index (χ0v) is 24.2. The molecule has 0 radical (unpaired) electrons. The maximum absolute atomic E-state index is 14.9. The molecule has 1 aromatic heterocycles. The largest absolute Gasteiger partial charge is 0.342 e. The minimum absolute atomic E-state index is 0.0411. The third-order valence-electron chi connectivity index (χ3n) is 8.17. The fourth-order valence-electron chi connectivity index (χ4n) is 6.01. The molecule has 5 rings (SSSR count). The van der Waals surface area contributed by atoms with Crippen molar-refractivity contribution in [2.45, 2.75) is 57.9 Å². The second-order valence-corrected chi connectivity index (χ2v) is 12.6. The van der Waals surface area contributed by atoms with Crippen LogP contribution in [-0.2, 0) is 4.79 Å². The molecule has 0 bridgehead atoms. The molecule has 2 saturated heterocycles. The maximum Gasteiger partial charge on any atom is 0.227 e. The predicted octanol–water partition coefficient (Wildman–Crippen LogP) is 6.99. The van der Waals surface area contributed by atoms with Crippen LogP contribution < -0.4 is 0 Å². The van der Waals surface area contributed by atoms with Crippen LogP contribution in [0.3, 0.4) is 0 Å². The molecule has 3 aromatic rings. The molecular formula is C30H34Cl2F2N4O. The van der Waals surface area contributed by atoms with Gasteiger partial charge in [0.1, 0.15) is 11.6 Å². The molecule has 3 heterocycles. The van der Waals surface area contributed by atoms with E-state index in [1.165, 1.54) is 12.1 Å². The molecule has 2 aliphatic rings. The van der Waals surface area contributed by atoms with E-state index in [1.54, 1.807) is 12.1 Å². The molecule has 208 valence electrons. The van der Waals surface area contributed by atoms with Gasteiger partial charge in [-0.3, -0.25) is 9.69 Å². The first kappa shape index (κ1) is 28.1. The molecule has 2 atom stereocenters. The van der Waals surface area contributed by atoms with Crippen LogP contribution in [0.15, 0.2) is 42.5 Å². The third kappa shape index (κ3) is 5.72. The van der Waals surface area contributed by atoms with Crippen molar-refractivity contribution in [3.8, 4) is 5.69 Å². The number of hydrogen-bond donors (Lipinski definition) is 0. The van der Waals surface area contributed by atoms with Gasteiger partial charge in [0.2, 0.25) is 5.91 Å². The van der Waals surface area contributed by atoms with Crippen molar-refractivity contribution in [2.75, 3.05) is 26.2 Å². The summed E-state index contributed by atoms with van der Waals surface area (Å²) in [7, 11) is 0. The van der Waals surface area contributed by atoms with Gasteiger partial charge in [0.15, 0.2) is 0 Å². The number of amides is 1. The zero-order chi connectivity index (χ0) is 28.1. The molecule has 2 unspecified atom stereocenters. The molecular weight excluding hydrogens is 541 g/mol. The van der Waals surface area contributed by atoms with Crippen molar-refractivity contribution in [3.63, 3.8) is 0 Å². The summed E-state index contributed by atoms with van der Waals surface area (Å²) in [5, 5.41) is 5.79. The fourth-order valence-corrected chi connectivity index (χ4v) is 6.49. The van der Waals surface area contributed by atoms with Crippen LogP contribution >= 0.6 is 23.2 Å².